The molecule has 15 heteroatoms. The molecule has 0 unspecified atom stereocenters. The monoisotopic (exact) mass is 719 g/mol. The van der Waals surface area contributed by atoms with E-state index in [1.54, 1.807) is 11.4 Å². The Hall–Kier alpha value is -1.08. The lowest BCUT2D eigenvalue weighted by atomic mass is 10.2. The van der Waals surface area contributed by atoms with Crippen LogP contribution in [0.15, 0.2) is 52.0 Å². The van der Waals surface area contributed by atoms with E-state index in [4.69, 9.17) is 21.4 Å². The molecule has 42 heavy (non-hydrogen) atoms. The van der Waals surface area contributed by atoms with Crippen molar-refractivity contribution >= 4 is 78.0 Å². The number of imidazole rings is 1. The van der Waals surface area contributed by atoms with Gasteiger partial charge in [0.2, 0.25) is 0 Å². The van der Waals surface area contributed by atoms with Crippen LogP contribution >= 0.6 is 78.0 Å². The number of aromatic nitrogens is 3. The number of nitrogens with zero attached hydrogens (tertiary/aromatic N) is 3. The lowest BCUT2D eigenvalue weighted by Gasteiger charge is -2.10. The highest BCUT2D eigenvalue weighted by atomic mass is 35.5. The third-order valence-corrected chi connectivity index (χ3v) is 9.60. The molecule has 0 spiro atoms. The van der Waals surface area contributed by atoms with Crippen LogP contribution in [0, 0.1) is 0 Å². The van der Waals surface area contributed by atoms with Gasteiger partial charge in [0.15, 0.2) is 0 Å². The first-order valence-electron chi connectivity index (χ1n) is 12.6. The molecule has 0 aliphatic carbocycles. The zero-order valence-electron chi connectivity index (χ0n) is 24.5. The first-order chi connectivity index (χ1) is 19.9. The molecule has 0 bridgehead atoms. The maximum atomic E-state index is 12.5. The van der Waals surface area contributed by atoms with Crippen LogP contribution < -0.4 is 4.74 Å². The van der Waals surface area contributed by atoms with Gasteiger partial charge in [-0.1, -0.05) is 50.7 Å². The number of alkyl halides is 3. The van der Waals surface area contributed by atoms with Crippen LogP contribution in [-0.2, 0) is 31.3 Å². The normalized spacial score (nSPS) is 10.2. The van der Waals surface area contributed by atoms with Gasteiger partial charge >= 0.3 is 6.18 Å². The zero-order chi connectivity index (χ0) is 32.3. The summed E-state index contributed by atoms with van der Waals surface area (Å²) in [6.45, 7) is 12.5. The van der Waals surface area contributed by atoms with Crippen molar-refractivity contribution < 1.29 is 23.0 Å². The fourth-order valence-electron chi connectivity index (χ4n) is 2.50. The van der Waals surface area contributed by atoms with Crippen molar-refractivity contribution in [2.75, 3.05) is 13.3 Å². The highest BCUT2D eigenvalue weighted by molar-refractivity contribution is 8.55. The molecule has 4 rings (SSSR count). The van der Waals surface area contributed by atoms with Crippen molar-refractivity contribution in [3.8, 4) is 11.5 Å². The Kier molecular flexibility index (Phi) is 21.9. The average molecular weight is 720 g/mol. The summed E-state index contributed by atoms with van der Waals surface area (Å²) in [5.41, 5.74) is 0.298. The van der Waals surface area contributed by atoms with Crippen LogP contribution in [0.5, 0.6) is 11.5 Å². The standard InChI is InChI=1S/C12H9ClF3NOS2.C6H11N2PS.C5H6OS2.2C2H6/c13-8-3-7(12(14,15)16)4-17-9(8)5-18-10-1-2-20-11(10)6-19;1-8-4-6(7-5-8)10-9(2)3;6-5-3-8-2-4(5)1-7;2*1-2/h1-4,19H,5-6H2;4-5H,1-3H3;2-3,6-7H,1H2;2*1-2H3. The summed E-state index contributed by atoms with van der Waals surface area (Å²) in [5, 5.41) is 15.4. The number of halogens is 4. The molecule has 0 fully saturated rings. The first kappa shape index (κ1) is 40.9. The van der Waals surface area contributed by atoms with Gasteiger partial charge in [-0.05, 0) is 43.3 Å². The summed E-state index contributed by atoms with van der Waals surface area (Å²) in [4.78, 5) is 8.85. The number of hydrogen-bond acceptors (Lipinski definition) is 9. The minimum Gasteiger partial charge on any atom is -0.507 e. The Labute approximate surface area is 276 Å². The van der Waals surface area contributed by atoms with Gasteiger partial charge in [0.25, 0.3) is 0 Å². The van der Waals surface area contributed by atoms with E-state index in [0.717, 1.165) is 27.7 Å². The molecule has 0 amide bonds. The number of thiol groups is 2. The van der Waals surface area contributed by atoms with Crippen LogP contribution in [0.25, 0.3) is 0 Å². The van der Waals surface area contributed by atoms with Gasteiger partial charge in [0.1, 0.15) is 23.1 Å². The predicted octanol–water partition coefficient (Wildman–Crippen LogP) is 10.9. The summed E-state index contributed by atoms with van der Waals surface area (Å²) in [5.74, 6) is 2.16. The van der Waals surface area contributed by atoms with Crippen LogP contribution in [0.1, 0.15) is 49.4 Å². The zero-order valence-corrected chi connectivity index (χ0v) is 30.4. The van der Waals surface area contributed by atoms with Gasteiger partial charge in [0.05, 0.1) is 27.5 Å². The van der Waals surface area contributed by atoms with Crippen molar-refractivity contribution in [3.63, 3.8) is 0 Å². The second-order valence-corrected chi connectivity index (χ2v) is 15.3. The van der Waals surface area contributed by atoms with Crippen molar-refractivity contribution in [2.24, 2.45) is 7.05 Å². The summed E-state index contributed by atoms with van der Waals surface area (Å²) < 4.78 is 44.9. The summed E-state index contributed by atoms with van der Waals surface area (Å²) >= 11 is 18.8. The second-order valence-electron chi connectivity index (χ2n) is 7.53. The number of aryl methyl sites for hydroxylation is 1. The maximum absolute atomic E-state index is 12.5. The Bertz CT molecular complexity index is 1270. The molecule has 236 valence electrons. The molecule has 4 aromatic rings. The van der Waals surface area contributed by atoms with Gasteiger partial charge in [-0.2, -0.15) is 38.4 Å². The number of rotatable bonds is 7. The highest BCUT2D eigenvalue weighted by Crippen LogP contribution is 2.46. The summed E-state index contributed by atoms with van der Waals surface area (Å²) in [6, 6.07) is 2.62. The third kappa shape index (κ3) is 15.6. The molecule has 0 aromatic carbocycles. The molecule has 0 saturated carbocycles. The lowest BCUT2D eigenvalue weighted by Crippen LogP contribution is -2.07. The van der Waals surface area contributed by atoms with E-state index in [1.165, 1.54) is 22.7 Å². The number of ether oxygens (including phenoxy) is 1. The SMILES string of the molecule is CC.CC.Cn1cnc(SP(C)C)c1.FC(F)(F)c1cnc(COc2ccsc2CS)c(Cl)c1.Oc1cscc1CS. The Morgan fingerprint density at radius 1 is 1.12 bits per heavy atom. The summed E-state index contributed by atoms with van der Waals surface area (Å²) in [6.07, 6.45) is 0.175. The van der Waals surface area contributed by atoms with E-state index in [-0.39, 0.29) is 24.4 Å². The van der Waals surface area contributed by atoms with Crippen molar-refractivity contribution in [3.05, 3.63) is 73.7 Å². The van der Waals surface area contributed by atoms with Gasteiger partial charge in [-0.25, -0.2) is 4.98 Å². The molecule has 0 radical (unpaired) electrons. The first-order valence-corrected chi connectivity index (χ1v) is 19.8. The predicted molar refractivity (Wildman–Crippen MR) is 185 cm³/mol. The second kappa shape index (κ2) is 22.4. The van der Waals surface area contributed by atoms with E-state index in [2.05, 4.69) is 48.6 Å². The van der Waals surface area contributed by atoms with E-state index in [9.17, 15) is 13.2 Å². The molecule has 4 aromatic heterocycles. The molecule has 0 aliphatic rings. The largest absolute Gasteiger partial charge is 0.507 e. The Morgan fingerprint density at radius 3 is 2.21 bits per heavy atom. The fraction of sp³-hybridized carbons (Fsp3) is 0.407. The van der Waals surface area contributed by atoms with Gasteiger partial charge < -0.3 is 14.4 Å². The summed E-state index contributed by atoms with van der Waals surface area (Å²) in [7, 11) is 2.07. The molecule has 5 nitrogen and oxygen atoms in total. The Morgan fingerprint density at radius 2 is 1.79 bits per heavy atom. The molecule has 0 aliphatic heterocycles. The van der Waals surface area contributed by atoms with Gasteiger partial charge in [0, 0.05) is 41.9 Å². The van der Waals surface area contributed by atoms with Crippen molar-refractivity contribution in [1.82, 2.24) is 14.5 Å². The van der Waals surface area contributed by atoms with Crippen molar-refractivity contribution in [2.45, 2.75) is 57.0 Å². The minimum absolute atomic E-state index is 0.00841. The van der Waals surface area contributed by atoms with Crippen LogP contribution in [0.4, 0.5) is 13.2 Å². The average Bonchev–Trinajstić information content (AvgIpc) is 3.71. The van der Waals surface area contributed by atoms with Crippen LogP contribution in [-0.4, -0.2) is 33.0 Å². The fourth-order valence-corrected chi connectivity index (χ4v) is 6.96. The number of aromatic hydroxyl groups is 1. The van der Waals surface area contributed by atoms with E-state index >= 15 is 0 Å². The third-order valence-electron chi connectivity index (χ3n) is 4.30. The minimum atomic E-state index is -4.46. The van der Waals surface area contributed by atoms with E-state index in [0.29, 0.717) is 23.0 Å². The molecular weight excluding hydrogens is 682 g/mol. The van der Waals surface area contributed by atoms with Crippen LogP contribution in [0.2, 0.25) is 5.02 Å². The highest BCUT2D eigenvalue weighted by Gasteiger charge is 2.31. The molecule has 0 atom stereocenters. The topological polar surface area (TPSA) is 60.2 Å². The van der Waals surface area contributed by atoms with E-state index < -0.39 is 11.7 Å². The quantitative estimate of drug-likeness (QED) is 0.131. The number of pyridine rings is 1. The smallest absolute Gasteiger partial charge is 0.417 e. The van der Waals surface area contributed by atoms with Gasteiger partial charge in [-0.15, -0.1) is 22.7 Å². The molecule has 0 saturated heterocycles. The van der Waals surface area contributed by atoms with E-state index in [1.807, 2.05) is 74.0 Å². The maximum Gasteiger partial charge on any atom is 0.417 e. The van der Waals surface area contributed by atoms with Crippen molar-refractivity contribution in [1.29, 1.82) is 0 Å². The number of thiophene rings is 2. The Balaban J connectivity index is 0.000000636. The van der Waals surface area contributed by atoms with Crippen LogP contribution in [0.3, 0.4) is 0 Å². The molecular formula is C27H38ClF3N3O2PS5. The number of hydrogen-bond donors (Lipinski definition) is 3. The molecule has 1 N–H and O–H groups in total. The lowest BCUT2D eigenvalue weighted by molar-refractivity contribution is -0.137. The molecule has 4 heterocycles. The van der Waals surface area contributed by atoms with Gasteiger partial charge in [-0.3, -0.25) is 4.98 Å².